The van der Waals surface area contributed by atoms with Crippen molar-refractivity contribution >= 4 is 21.6 Å². The molecule has 33 heavy (non-hydrogen) atoms. The molecule has 1 N–H and O–H groups in total. The Bertz CT molecular complexity index is 1180. The second kappa shape index (κ2) is 6.91. The molecule has 1 spiro atoms. The lowest BCUT2D eigenvalue weighted by molar-refractivity contribution is -0.143. The normalized spacial score (nSPS) is 37.3. The fourth-order valence-corrected chi connectivity index (χ4v) is 7.06. The van der Waals surface area contributed by atoms with E-state index in [0.717, 1.165) is 12.1 Å². The zero-order valence-electron chi connectivity index (χ0n) is 17.8. The minimum atomic E-state index is -4.77. The smallest absolute Gasteiger partial charge is 0.366 e. The summed E-state index contributed by atoms with van der Waals surface area (Å²) in [6.07, 6.45) is -5.03. The van der Waals surface area contributed by atoms with Gasteiger partial charge in [0, 0.05) is 18.0 Å². The third kappa shape index (κ3) is 3.06. The zero-order valence-corrected chi connectivity index (χ0v) is 18.7. The molecule has 0 radical (unpaired) electrons. The number of benzene rings is 1. The number of fused-ring (bicyclic) bond motifs is 2. The average molecular weight is 485 g/mol. The summed E-state index contributed by atoms with van der Waals surface area (Å²) in [6.45, 7) is 3.42. The standard InChI is InChI=1S/C21H22F3N3O5S/c1-3-33(29,30)26-14-9-19(2)15-16-18(31-7-6-20(14,16)32-19)27(17(15)28)12-5-4-11(10-25)13(8-12)21(22,23)24/h4-5,8,14-16,18,26H,3,6-7,9H2,1-2H3/t14-,15-,16+,18+,19-,20+/m1/s1. The molecule has 0 saturated carbocycles. The average Bonchev–Trinajstić information content (AvgIpc) is 3.30. The van der Waals surface area contributed by atoms with Crippen molar-refractivity contribution in [1.82, 2.24) is 4.72 Å². The SMILES string of the molecule is CCS(=O)(=O)N[C@@H]1C[C@@]2(C)O[C@@]13CCO[C@H]1[C@@H]3[C@@H]2C(=O)N1c1ccc(C#N)c(C(F)(F)F)c1. The Balaban J connectivity index is 1.58. The highest BCUT2D eigenvalue weighted by molar-refractivity contribution is 7.89. The van der Waals surface area contributed by atoms with E-state index in [4.69, 9.17) is 14.7 Å². The first-order valence-electron chi connectivity index (χ1n) is 10.6. The second-order valence-corrected chi connectivity index (χ2v) is 11.3. The largest absolute Gasteiger partial charge is 0.417 e. The fourth-order valence-electron chi connectivity index (χ4n) is 6.17. The summed E-state index contributed by atoms with van der Waals surface area (Å²) in [5.41, 5.74) is -3.66. The van der Waals surface area contributed by atoms with Crippen LogP contribution in [0.15, 0.2) is 18.2 Å². The van der Waals surface area contributed by atoms with Crippen LogP contribution < -0.4 is 9.62 Å². The van der Waals surface area contributed by atoms with Crippen LogP contribution in [0.1, 0.15) is 37.8 Å². The van der Waals surface area contributed by atoms with Gasteiger partial charge < -0.3 is 9.47 Å². The van der Waals surface area contributed by atoms with Crippen LogP contribution in [0.25, 0.3) is 0 Å². The Morgan fingerprint density at radius 1 is 1.36 bits per heavy atom. The number of amides is 1. The van der Waals surface area contributed by atoms with Crippen molar-refractivity contribution in [2.24, 2.45) is 11.8 Å². The summed E-state index contributed by atoms with van der Waals surface area (Å²) in [5, 5.41) is 9.09. The van der Waals surface area contributed by atoms with Crippen molar-refractivity contribution in [3.8, 4) is 6.07 Å². The van der Waals surface area contributed by atoms with Gasteiger partial charge in [-0.3, -0.25) is 9.69 Å². The first-order chi connectivity index (χ1) is 15.4. The van der Waals surface area contributed by atoms with Crippen molar-refractivity contribution in [2.75, 3.05) is 17.3 Å². The van der Waals surface area contributed by atoms with Crippen molar-refractivity contribution in [1.29, 1.82) is 5.26 Å². The highest BCUT2D eigenvalue weighted by atomic mass is 32.2. The number of hydrogen-bond acceptors (Lipinski definition) is 6. The maximum atomic E-state index is 13.6. The number of halogens is 3. The van der Waals surface area contributed by atoms with E-state index in [1.54, 1.807) is 6.92 Å². The van der Waals surface area contributed by atoms with E-state index in [0.29, 0.717) is 6.42 Å². The highest BCUT2D eigenvalue weighted by Gasteiger charge is 2.78. The van der Waals surface area contributed by atoms with Crippen LogP contribution in [0.3, 0.4) is 0 Å². The Morgan fingerprint density at radius 3 is 2.73 bits per heavy atom. The fraction of sp³-hybridized carbons (Fsp3) is 0.619. The topological polar surface area (TPSA) is 109 Å². The third-order valence-corrected chi connectivity index (χ3v) is 8.86. The van der Waals surface area contributed by atoms with Gasteiger partial charge in [0.2, 0.25) is 15.9 Å². The van der Waals surface area contributed by atoms with Gasteiger partial charge in [0.1, 0.15) is 6.23 Å². The molecule has 4 heterocycles. The summed E-state index contributed by atoms with van der Waals surface area (Å²) in [7, 11) is -3.56. The van der Waals surface area contributed by atoms with Gasteiger partial charge >= 0.3 is 6.18 Å². The Kier molecular flexibility index (Phi) is 4.73. The van der Waals surface area contributed by atoms with E-state index >= 15 is 0 Å². The summed E-state index contributed by atoms with van der Waals surface area (Å²) in [6, 6.07) is 4.11. The molecule has 1 aromatic carbocycles. The molecule has 0 unspecified atom stereocenters. The van der Waals surface area contributed by atoms with Gasteiger partial charge in [-0.25, -0.2) is 13.1 Å². The van der Waals surface area contributed by atoms with Crippen LogP contribution in [0.5, 0.6) is 0 Å². The molecular weight excluding hydrogens is 463 g/mol. The number of ether oxygens (including phenoxy) is 2. The molecule has 4 fully saturated rings. The van der Waals surface area contributed by atoms with E-state index in [-0.39, 0.29) is 24.5 Å². The molecule has 4 aliphatic rings. The maximum absolute atomic E-state index is 13.6. The number of anilines is 1. The minimum absolute atomic E-state index is 0.0172. The molecule has 178 valence electrons. The number of carbonyl (C=O) groups is 1. The number of nitrogens with one attached hydrogen (secondary N) is 1. The molecule has 4 aliphatic heterocycles. The van der Waals surface area contributed by atoms with E-state index in [2.05, 4.69) is 4.72 Å². The summed E-state index contributed by atoms with van der Waals surface area (Å²) in [5.74, 6) is -1.77. The van der Waals surface area contributed by atoms with Gasteiger partial charge in [-0.1, -0.05) is 0 Å². The predicted octanol–water partition coefficient (Wildman–Crippen LogP) is 2.14. The van der Waals surface area contributed by atoms with Gasteiger partial charge in [0.05, 0.1) is 52.7 Å². The molecular formula is C21H22F3N3O5S. The van der Waals surface area contributed by atoms with Gasteiger partial charge in [-0.05, 0) is 38.5 Å². The summed E-state index contributed by atoms with van der Waals surface area (Å²) >= 11 is 0. The maximum Gasteiger partial charge on any atom is 0.417 e. The number of alkyl halides is 3. The zero-order chi connectivity index (χ0) is 24.0. The number of nitriles is 1. The van der Waals surface area contributed by atoms with Crippen molar-refractivity contribution in [2.45, 2.75) is 56.3 Å². The van der Waals surface area contributed by atoms with E-state index in [1.807, 2.05) is 0 Å². The molecule has 0 aliphatic carbocycles. The lowest BCUT2D eigenvalue weighted by atomic mass is 9.64. The van der Waals surface area contributed by atoms with Gasteiger partial charge in [-0.2, -0.15) is 18.4 Å². The molecule has 0 aromatic heterocycles. The Labute approximate surface area is 188 Å². The number of carbonyl (C=O) groups excluding carboxylic acids is 1. The van der Waals surface area contributed by atoms with E-state index < -0.39 is 68.5 Å². The van der Waals surface area contributed by atoms with Crippen LogP contribution in [0.4, 0.5) is 18.9 Å². The third-order valence-electron chi connectivity index (χ3n) is 7.46. The lowest BCUT2D eigenvalue weighted by Crippen LogP contribution is -2.61. The van der Waals surface area contributed by atoms with Crippen molar-refractivity contribution in [3.05, 3.63) is 29.3 Å². The van der Waals surface area contributed by atoms with E-state index in [9.17, 15) is 26.4 Å². The molecule has 8 nitrogen and oxygen atoms in total. The van der Waals surface area contributed by atoms with Crippen molar-refractivity contribution < 1.29 is 35.9 Å². The van der Waals surface area contributed by atoms with Crippen LogP contribution in [0.2, 0.25) is 0 Å². The monoisotopic (exact) mass is 485 g/mol. The Morgan fingerprint density at radius 2 is 2.09 bits per heavy atom. The molecule has 12 heteroatoms. The Hall–Kier alpha value is -2.20. The minimum Gasteiger partial charge on any atom is -0.366 e. The first kappa shape index (κ1) is 22.6. The molecule has 6 atom stereocenters. The molecule has 1 amide bonds. The van der Waals surface area contributed by atoms with Crippen LogP contribution in [-0.4, -0.2) is 50.2 Å². The number of nitrogens with zero attached hydrogens (tertiary/aromatic N) is 2. The first-order valence-corrected chi connectivity index (χ1v) is 12.3. The summed E-state index contributed by atoms with van der Waals surface area (Å²) in [4.78, 5) is 14.8. The van der Waals surface area contributed by atoms with Gasteiger partial charge in [0.15, 0.2) is 0 Å². The van der Waals surface area contributed by atoms with Crippen LogP contribution >= 0.6 is 0 Å². The molecule has 2 bridgehead atoms. The van der Waals surface area contributed by atoms with Crippen molar-refractivity contribution in [3.63, 3.8) is 0 Å². The lowest BCUT2D eigenvalue weighted by Gasteiger charge is -2.45. The number of sulfonamides is 1. The van der Waals surface area contributed by atoms with E-state index in [1.165, 1.54) is 24.0 Å². The number of hydrogen-bond donors (Lipinski definition) is 1. The van der Waals surface area contributed by atoms with Crippen LogP contribution in [-0.2, 0) is 30.5 Å². The summed E-state index contributed by atoms with van der Waals surface area (Å²) < 4.78 is 80.3. The molecule has 1 aromatic rings. The second-order valence-electron chi connectivity index (χ2n) is 9.21. The van der Waals surface area contributed by atoms with Gasteiger partial charge in [-0.15, -0.1) is 0 Å². The van der Waals surface area contributed by atoms with Crippen LogP contribution in [0, 0.1) is 23.2 Å². The highest BCUT2D eigenvalue weighted by Crippen LogP contribution is 2.65. The van der Waals surface area contributed by atoms with Gasteiger partial charge in [0.25, 0.3) is 0 Å². The predicted molar refractivity (Wildman–Crippen MR) is 108 cm³/mol. The quantitative estimate of drug-likeness (QED) is 0.700. The molecule has 5 rings (SSSR count). The molecule has 4 saturated heterocycles. The number of rotatable bonds is 4.